The molecule has 0 fully saturated rings. The summed E-state index contributed by atoms with van der Waals surface area (Å²) in [4.78, 5) is 7.34. The maximum absolute atomic E-state index is 12.6. The van der Waals surface area contributed by atoms with Crippen molar-refractivity contribution in [3.63, 3.8) is 0 Å². The van der Waals surface area contributed by atoms with Crippen LogP contribution in [0.3, 0.4) is 0 Å². The van der Waals surface area contributed by atoms with Gasteiger partial charge >= 0.3 is 0 Å². The molecule has 4 rings (SSSR count). The number of imidazole rings is 1. The summed E-state index contributed by atoms with van der Waals surface area (Å²) >= 11 is 6.21. The summed E-state index contributed by atoms with van der Waals surface area (Å²) < 4.78 is 50.4. The average Bonchev–Trinajstić information content (AvgIpc) is 3.10. The fraction of sp³-hybridized carbons (Fsp3) is 0. The molecular weight excluding hydrogens is 448 g/mol. The molecular formula is C19H15ClN4O4S2. The maximum Gasteiger partial charge on any atom is 0.261 e. The Morgan fingerprint density at radius 3 is 2.23 bits per heavy atom. The van der Waals surface area contributed by atoms with Crippen molar-refractivity contribution in [1.29, 1.82) is 0 Å². The van der Waals surface area contributed by atoms with Crippen molar-refractivity contribution in [3.8, 4) is 11.4 Å². The number of fused-ring (bicyclic) bond motifs is 1. The van der Waals surface area contributed by atoms with E-state index in [1.165, 1.54) is 12.1 Å². The van der Waals surface area contributed by atoms with Crippen LogP contribution >= 0.6 is 11.6 Å². The molecule has 0 amide bonds. The number of anilines is 1. The number of halogens is 1. The summed E-state index contributed by atoms with van der Waals surface area (Å²) in [6, 6.07) is 16.7. The number of hydrogen-bond donors (Lipinski definition) is 3. The Morgan fingerprint density at radius 2 is 1.57 bits per heavy atom. The van der Waals surface area contributed by atoms with Crippen molar-refractivity contribution in [2.75, 3.05) is 4.72 Å². The van der Waals surface area contributed by atoms with Gasteiger partial charge in [0.1, 0.15) is 5.82 Å². The molecule has 3 aromatic carbocycles. The average molecular weight is 463 g/mol. The molecule has 11 heteroatoms. The van der Waals surface area contributed by atoms with E-state index in [0.717, 1.165) is 17.7 Å². The highest BCUT2D eigenvalue weighted by Gasteiger charge is 2.17. The molecule has 0 aliphatic heterocycles. The van der Waals surface area contributed by atoms with Crippen LogP contribution in [-0.2, 0) is 20.0 Å². The van der Waals surface area contributed by atoms with Gasteiger partial charge in [-0.05, 0) is 54.6 Å². The monoisotopic (exact) mass is 462 g/mol. The van der Waals surface area contributed by atoms with Gasteiger partial charge in [0.25, 0.3) is 10.0 Å². The zero-order valence-electron chi connectivity index (χ0n) is 15.2. The first-order valence-corrected chi connectivity index (χ1v) is 11.9. The van der Waals surface area contributed by atoms with E-state index < -0.39 is 20.0 Å². The minimum atomic E-state index is -3.94. The molecule has 0 aliphatic carbocycles. The molecule has 0 bridgehead atoms. The second kappa shape index (κ2) is 7.40. The van der Waals surface area contributed by atoms with Crippen molar-refractivity contribution < 1.29 is 16.8 Å². The zero-order chi connectivity index (χ0) is 21.5. The van der Waals surface area contributed by atoms with Crippen LogP contribution in [0.25, 0.3) is 22.4 Å². The summed E-state index contributed by atoms with van der Waals surface area (Å²) in [7, 11) is -7.85. The lowest BCUT2D eigenvalue weighted by molar-refractivity contribution is 0.595. The summed E-state index contributed by atoms with van der Waals surface area (Å²) in [6.45, 7) is 0. The van der Waals surface area contributed by atoms with Crippen LogP contribution in [0.15, 0.2) is 76.5 Å². The van der Waals surface area contributed by atoms with Crippen molar-refractivity contribution >= 4 is 48.4 Å². The topological polar surface area (TPSA) is 135 Å². The minimum Gasteiger partial charge on any atom is -0.338 e. The Labute approximate surface area is 177 Å². The molecule has 0 aliphatic rings. The number of benzene rings is 3. The number of aromatic nitrogens is 2. The molecule has 0 atom stereocenters. The van der Waals surface area contributed by atoms with Crippen molar-refractivity contribution in [2.24, 2.45) is 5.14 Å². The van der Waals surface area contributed by atoms with Crippen LogP contribution in [-0.4, -0.2) is 26.8 Å². The number of primary sulfonamides is 1. The van der Waals surface area contributed by atoms with Crippen LogP contribution in [0.1, 0.15) is 0 Å². The Bertz CT molecular complexity index is 1460. The molecule has 154 valence electrons. The summed E-state index contributed by atoms with van der Waals surface area (Å²) in [5.41, 5.74) is 2.31. The lowest BCUT2D eigenvalue weighted by Crippen LogP contribution is -2.15. The highest BCUT2D eigenvalue weighted by atomic mass is 35.5. The lowest BCUT2D eigenvalue weighted by atomic mass is 10.2. The van der Waals surface area contributed by atoms with Crippen LogP contribution < -0.4 is 9.86 Å². The van der Waals surface area contributed by atoms with Gasteiger partial charge in [-0.1, -0.05) is 23.7 Å². The van der Waals surface area contributed by atoms with E-state index in [-0.39, 0.29) is 9.79 Å². The number of nitrogens with one attached hydrogen (secondary N) is 2. The number of hydrogen-bond acceptors (Lipinski definition) is 5. The third kappa shape index (κ3) is 4.03. The molecule has 0 saturated carbocycles. The minimum absolute atomic E-state index is 0.101. The molecule has 8 nitrogen and oxygen atoms in total. The molecule has 0 saturated heterocycles. The van der Waals surface area contributed by atoms with Gasteiger partial charge in [-0.15, -0.1) is 0 Å². The molecule has 30 heavy (non-hydrogen) atoms. The first kappa shape index (κ1) is 20.4. The van der Waals surface area contributed by atoms with Gasteiger partial charge in [0.15, 0.2) is 0 Å². The van der Waals surface area contributed by atoms with Crippen LogP contribution in [0.2, 0.25) is 5.02 Å². The van der Waals surface area contributed by atoms with Gasteiger partial charge in [-0.25, -0.2) is 27.0 Å². The fourth-order valence-electron chi connectivity index (χ4n) is 2.88. The van der Waals surface area contributed by atoms with E-state index >= 15 is 0 Å². The first-order chi connectivity index (χ1) is 14.1. The van der Waals surface area contributed by atoms with Gasteiger partial charge in [0, 0.05) is 5.56 Å². The van der Waals surface area contributed by atoms with Crippen molar-refractivity contribution in [2.45, 2.75) is 9.79 Å². The van der Waals surface area contributed by atoms with E-state index in [1.54, 1.807) is 24.3 Å². The van der Waals surface area contributed by atoms with E-state index in [2.05, 4.69) is 14.7 Å². The predicted molar refractivity (Wildman–Crippen MR) is 115 cm³/mol. The van der Waals surface area contributed by atoms with Gasteiger partial charge in [0.2, 0.25) is 10.0 Å². The largest absolute Gasteiger partial charge is 0.338 e. The highest BCUT2D eigenvalue weighted by molar-refractivity contribution is 7.92. The van der Waals surface area contributed by atoms with Crippen molar-refractivity contribution in [1.82, 2.24) is 9.97 Å². The van der Waals surface area contributed by atoms with E-state index in [9.17, 15) is 16.8 Å². The van der Waals surface area contributed by atoms with Crippen LogP contribution in [0, 0.1) is 0 Å². The van der Waals surface area contributed by atoms with E-state index in [4.69, 9.17) is 16.7 Å². The normalized spacial score (nSPS) is 12.2. The molecule has 0 spiro atoms. The van der Waals surface area contributed by atoms with Gasteiger partial charge in [-0.2, -0.15) is 0 Å². The number of H-pyrrole nitrogens is 1. The number of rotatable bonds is 5. The standard InChI is InChI=1S/C19H15ClN4O4S2/c20-16-4-2-1-3-15(16)19-22-17-10-5-12(11-18(17)23-19)24-30(27,28)14-8-6-13(7-9-14)29(21,25)26/h1-11,24H,(H,22,23)(H2,21,25,26). The predicted octanol–water partition coefficient (Wildman–Crippen LogP) is 3.33. The second-order valence-electron chi connectivity index (χ2n) is 6.42. The molecule has 4 N–H and O–H groups in total. The molecule has 1 aromatic heterocycles. The molecule has 4 aromatic rings. The summed E-state index contributed by atoms with van der Waals surface area (Å²) in [6.07, 6.45) is 0. The van der Waals surface area contributed by atoms with E-state index in [0.29, 0.717) is 27.6 Å². The summed E-state index contributed by atoms with van der Waals surface area (Å²) in [5.74, 6) is 0.564. The third-order valence-corrected chi connectivity index (χ3v) is 6.98. The van der Waals surface area contributed by atoms with Crippen LogP contribution in [0.4, 0.5) is 5.69 Å². The number of nitrogens with zero attached hydrogens (tertiary/aromatic N) is 1. The molecule has 1 heterocycles. The van der Waals surface area contributed by atoms with E-state index in [1.807, 2.05) is 18.2 Å². The Morgan fingerprint density at radius 1 is 0.900 bits per heavy atom. The quantitative estimate of drug-likeness (QED) is 0.418. The third-order valence-electron chi connectivity index (χ3n) is 4.33. The first-order valence-electron chi connectivity index (χ1n) is 8.54. The number of nitrogens with two attached hydrogens (primary N) is 1. The highest BCUT2D eigenvalue weighted by Crippen LogP contribution is 2.28. The Balaban J connectivity index is 1.64. The molecule has 0 radical (unpaired) electrons. The Kier molecular flexibility index (Phi) is 5.02. The Hall–Kier alpha value is -2.92. The number of aromatic amines is 1. The molecule has 0 unspecified atom stereocenters. The van der Waals surface area contributed by atoms with Gasteiger partial charge in [0.05, 0.1) is 31.5 Å². The van der Waals surface area contributed by atoms with Crippen molar-refractivity contribution in [3.05, 3.63) is 71.8 Å². The lowest BCUT2D eigenvalue weighted by Gasteiger charge is -2.08. The zero-order valence-corrected chi connectivity index (χ0v) is 17.6. The number of sulfonamides is 2. The second-order valence-corrected chi connectivity index (χ2v) is 10.1. The van der Waals surface area contributed by atoms with Gasteiger partial charge in [-0.3, -0.25) is 4.72 Å². The summed E-state index contributed by atoms with van der Waals surface area (Å²) in [5, 5.41) is 5.58. The van der Waals surface area contributed by atoms with Gasteiger partial charge < -0.3 is 4.98 Å². The fourth-order valence-corrected chi connectivity index (χ4v) is 4.67. The maximum atomic E-state index is 12.6. The van der Waals surface area contributed by atoms with Crippen LogP contribution in [0.5, 0.6) is 0 Å². The SMILES string of the molecule is NS(=O)(=O)c1ccc(S(=O)(=O)Nc2ccc3nc(-c4ccccc4Cl)[nH]c3c2)cc1. The smallest absolute Gasteiger partial charge is 0.261 e.